The molecule has 0 radical (unpaired) electrons. The van der Waals surface area contributed by atoms with Gasteiger partial charge in [-0.3, -0.25) is 57.5 Å². The number of carbonyl (C=O) groups excluding carboxylic acids is 12. The van der Waals surface area contributed by atoms with Gasteiger partial charge in [0.2, 0.25) is 70.9 Å². The van der Waals surface area contributed by atoms with Crippen LogP contribution < -0.4 is 21.3 Å². The summed E-state index contributed by atoms with van der Waals surface area (Å²) in [6.45, 7) is 14.6. The fraction of sp³-hybridized carbons (Fsp3) is 0.657. The molecule has 2 fully saturated rings. The van der Waals surface area contributed by atoms with Crippen molar-refractivity contribution in [2.24, 2.45) is 17.8 Å². The van der Waals surface area contributed by atoms with Crippen molar-refractivity contribution in [3.8, 4) is 0 Å². The Morgan fingerprint density at radius 1 is 0.602 bits per heavy atom. The maximum atomic E-state index is 15.2. The molecule has 2 aliphatic rings. The van der Waals surface area contributed by atoms with Gasteiger partial charge in [-0.2, -0.15) is 13.2 Å². The number of halogens is 4. The Kier molecular flexibility index (Phi) is 31.9. The Hall–Kier alpha value is -7.40. The first-order chi connectivity index (χ1) is 45.7. The number of likely N-dealkylation sites (tertiary alicyclic amines) is 1. The van der Waals surface area contributed by atoms with E-state index >= 15 is 4.79 Å². The molecule has 0 spiro atoms. The van der Waals surface area contributed by atoms with Gasteiger partial charge in [-0.25, -0.2) is 0 Å². The van der Waals surface area contributed by atoms with Gasteiger partial charge < -0.3 is 60.5 Å². The molecular formula is C70H106F3IN12O12. The summed E-state index contributed by atoms with van der Waals surface area (Å²) in [7, 11) is 9.31. The quantitative estimate of drug-likeness (QED) is 0.166. The summed E-state index contributed by atoms with van der Waals surface area (Å²) in [6, 6.07) is 1.64. The molecule has 24 nitrogen and oxygen atoms in total. The molecule has 0 aromatic heterocycles. The molecule has 0 saturated carbocycles. The fourth-order valence-corrected chi connectivity index (χ4v) is 12.3. The molecule has 12 amide bonds. The van der Waals surface area contributed by atoms with E-state index in [1.807, 2.05) is 40.7 Å². The van der Waals surface area contributed by atoms with Crippen LogP contribution in [-0.4, -0.2) is 240 Å². The summed E-state index contributed by atoms with van der Waals surface area (Å²) in [6.07, 6.45) is -1.50. The number of hydrogen-bond donors (Lipinski definition) is 4. The first-order valence-corrected chi connectivity index (χ1v) is 35.0. The van der Waals surface area contributed by atoms with Gasteiger partial charge in [0.15, 0.2) is 0 Å². The van der Waals surface area contributed by atoms with Crippen LogP contribution in [0.4, 0.5) is 13.2 Å². The van der Waals surface area contributed by atoms with Crippen molar-refractivity contribution >= 4 is 93.5 Å². The number of nitrogens with one attached hydrogen (secondary N) is 4. The maximum Gasteiger partial charge on any atom is 0.416 e. The van der Waals surface area contributed by atoms with Crippen molar-refractivity contribution in [3.63, 3.8) is 0 Å². The van der Waals surface area contributed by atoms with Gasteiger partial charge in [0.05, 0.1) is 31.6 Å². The van der Waals surface area contributed by atoms with Gasteiger partial charge in [0.1, 0.15) is 47.8 Å². The van der Waals surface area contributed by atoms with Crippen LogP contribution in [-0.2, 0) is 76.6 Å². The van der Waals surface area contributed by atoms with E-state index in [2.05, 4.69) is 43.9 Å². The Morgan fingerprint density at radius 2 is 1.19 bits per heavy atom. The summed E-state index contributed by atoms with van der Waals surface area (Å²) in [5.74, 6) is -9.57. The topological polar surface area (TPSA) is 279 Å². The minimum atomic E-state index is -4.70. The first-order valence-electron chi connectivity index (χ1n) is 34.0. The van der Waals surface area contributed by atoms with E-state index in [9.17, 15) is 65.9 Å². The van der Waals surface area contributed by atoms with Crippen LogP contribution in [0.25, 0.3) is 0 Å². The lowest BCUT2D eigenvalue weighted by Gasteiger charge is -2.39. The number of benzene rings is 2. The van der Waals surface area contributed by atoms with Crippen LogP contribution in [0.15, 0.2) is 48.5 Å². The second kappa shape index (κ2) is 37.7. The van der Waals surface area contributed by atoms with Crippen molar-refractivity contribution in [2.75, 3.05) is 82.1 Å². The highest BCUT2D eigenvalue weighted by Gasteiger charge is 2.44. The number of nitrogens with zero attached hydrogens (tertiary/aromatic N) is 8. The van der Waals surface area contributed by atoms with Gasteiger partial charge in [0, 0.05) is 78.8 Å². The second-order valence-corrected chi connectivity index (χ2v) is 29.0. The summed E-state index contributed by atoms with van der Waals surface area (Å²) in [5, 5.41) is 11.3. The molecule has 546 valence electrons. The summed E-state index contributed by atoms with van der Waals surface area (Å²) in [4.78, 5) is 186. The largest absolute Gasteiger partial charge is 0.416 e. The van der Waals surface area contributed by atoms with Crippen molar-refractivity contribution in [1.82, 2.24) is 60.5 Å². The second-order valence-electron chi connectivity index (χ2n) is 27.7. The Morgan fingerprint density at radius 3 is 1.77 bits per heavy atom. The van der Waals surface area contributed by atoms with E-state index in [-0.39, 0.29) is 49.5 Å². The third kappa shape index (κ3) is 23.6. The van der Waals surface area contributed by atoms with Crippen LogP contribution >= 0.6 is 22.6 Å². The molecule has 4 N–H and O–H groups in total. The zero-order chi connectivity index (χ0) is 73.8. The van der Waals surface area contributed by atoms with Gasteiger partial charge in [-0.15, -0.1) is 0 Å². The van der Waals surface area contributed by atoms with E-state index in [4.69, 9.17) is 0 Å². The number of carbonyl (C=O) groups is 12. The maximum absolute atomic E-state index is 15.2. The van der Waals surface area contributed by atoms with Crippen LogP contribution in [0, 0.1) is 21.3 Å². The number of unbranched alkanes of at least 4 members (excludes halogenated alkanes) is 1. The molecule has 2 saturated heterocycles. The zero-order valence-corrected chi connectivity index (χ0v) is 62.3. The average Bonchev–Trinajstić information content (AvgIpc) is 0.816. The van der Waals surface area contributed by atoms with Crippen molar-refractivity contribution in [2.45, 2.75) is 200 Å². The van der Waals surface area contributed by atoms with Crippen LogP contribution in [0.2, 0.25) is 0 Å². The third-order valence-corrected chi connectivity index (χ3v) is 19.4. The lowest BCUT2D eigenvalue weighted by Crippen LogP contribution is -2.63. The van der Waals surface area contributed by atoms with Crippen LogP contribution in [0.3, 0.4) is 0 Å². The van der Waals surface area contributed by atoms with E-state index in [1.54, 1.807) is 36.9 Å². The first kappa shape index (κ1) is 83.0. The lowest BCUT2D eigenvalue weighted by atomic mass is 9.95. The molecule has 98 heavy (non-hydrogen) atoms. The molecule has 0 unspecified atom stereocenters. The molecule has 2 aromatic carbocycles. The highest BCUT2D eigenvalue weighted by Crippen LogP contribution is 2.30. The van der Waals surface area contributed by atoms with E-state index in [0.29, 0.717) is 57.2 Å². The Labute approximate surface area is 590 Å². The summed E-state index contributed by atoms with van der Waals surface area (Å²) in [5.41, 5.74) is -1.90. The van der Waals surface area contributed by atoms with Gasteiger partial charge in [-0.05, 0) is 135 Å². The van der Waals surface area contributed by atoms with Gasteiger partial charge >= 0.3 is 6.18 Å². The molecule has 2 aromatic rings. The number of likely N-dealkylation sites (N-methyl/N-ethyl adjacent to an activating group) is 7. The van der Waals surface area contributed by atoms with Crippen molar-refractivity contribution in [1.29, 1.82) is 0 Å². The number of hydrogen-bond acceptors (Lipinski definition) is 12. The standard InChI is InChI=1S/C70H106F3IN12O12/c1-17-19-26-50-64(94)85(16)69(8,9)68(98)77-51(32-27-43(3)4)63(93)84(15)55(66(96)86-33-21-20-22-34-86)39-57(88)82(13)53(35-44(5)6)62(92)78-60(45(7)18-2)67(97)81(12)41-58(89)79(10)42-59(90)83(14)54(38-46-28-30-48(31-29-46)70(71,72)73)65(95)80(11)40-56(87)75-52(61(91)76-50)37-47-24-23-25-49(74)36-47/h23-25,28-31,36,43-45,50-55,60H,17-22,26-27,32-35,37-42H2,1-16H3,(H,75,87)(H,76,91)(H,77,98)(H,78,92)/t45-,50-,51-,52-,53-,54-,55-,60-/m0/s1. The molecule has 0 bridgehead atoms. The zero-order valence-electron chi connectivity index (χ0n) is 60.1. The predicted octanol–water partition coefficient (Wildman–Crippen LogP) is 5.26. The van der Waals surface area contributed by atoms with E-state index < -0.39 is 162 Å². The van der Waals surface area contributed by atoms with E-state index in [0.717, 1.165) is 58.8 Å². The predicted molar refractivity (Wildman–Crippen MR) is 373 cm³/mol. The minimum Gasteiger partial charge on any atom is -0.343 e. The number of piperidine rings is 1. The Bertz CT molecular complexity index is 3130. The van der Waals surface area contributed by atoms with Crippen molar-refractivity contribution < 1.29 is 70.7 Å². The van der Waals surface area contributed by atoms with Gasteiger partial charge in [0.25, 0.3) is 0 Å². The highest BCUT2D eigenvalue weighted by molar-refractivity contribution is 14.1. The molecule has 2 heterocycles. The lowest BCUT2D eigenvalue weighted by molar-refractivity contribution is -0.152. The van der Waals surface area contributed by atoms with Crippen LogP contribution in [0.5, 0.6) is 0 Å². The Balaban J connectivity index is 1.91. The molecular weight excluding hydrogens is 1380 g/mol. The summed E-state index contributed by atoms with van der Waals surface area (Å²) >= 11 is 2.09. The third-order valence-electron chi connectivity index (χ3n) is 18.7. The molecule has 0 aliphatic carbocycles. The van der Waals surface area contributed by atoms with E-state index in [1.165, 1.54) is 73.0 Å². The van der Waals surface area contributed by atoms with Gasteiger partial charge in [-0.1, -0.05) is 92.0 Å². The summed E-state index contributed by atoms with van der Waals surface area (Å²) < 4.78 is 42.0. The molecule has 4 rings (SSSR count). The number of rotatable bonds is 15. The number of amides is 12. The molecule has 8 atom stereocenters. The molecule has 2 aliphatic heterocycles. The number of alkyl halides is 3. The molecule has 28 heteroatoms. The van der Waals surface area contributed by atoms with Crippen LogP contribution in [0.1, 0.15) is 150 Å². The SMILES string of the molecule is CCCC[C@@H]1NC(=O)[C@H](Cc2cccc(I)c2)NC(=O)CN(C)C(=O)[C@H](Cc2ccc(C(F)(F)F)cc2)N(C)C(=O)CN(C)C(=O)CN(C)C(=O)[C@H]([C@@H](C)CC)NC(=O)[C@H](CC(C)C)N(C)C(=O)C[C@@H](C(=O)N2CCCCC2)N(C)C(=O)[C@H](CCC(C)C)NC(=O)C(C)(C)N(C)C1=O. The highest BCUT2D eigenvalue weighted by atomic mass is 127. The normalized spacial score (nSPS) is 23.7. The smallest absolute Gasteiger partial charge is 0.343 e. The minimum absolute atomic E-state index is 0.0233. The van der Waals surface area contributed by atoms with Crippen molar-refractivity contribution in [3.05, 3.63) is 68.8 Å². The fourth-order valence-electron chi connectivity index (χ4n) is 11.7. The monoisotopic (exact) mass is 1490 g/mol. The average molecular weight is 1490 g/mol.